The minimum Gasteiger partial charge on any atom is -0.464 e. The van der Waals surface area contributed by atoms with Crippen molar-refractivity contribution in [2.24, 2.45) is 5.92 Å². The molecule has 0 aliphatic rings. The average molecular weight is 190 g/mol. The Kier molecular flexibility index (Phi) is 2.30. The van der Waals surface area contributed by atoms with Crippen LogP contribution in [0.1, 0.15) is 25.5 Å². The van der Waals surface area contributed by atoms with Gasteiger partial charge in [-0.25, -0.2) is 0 Å². The first-order chi connectivity index (χ1) is 6.70. The van der Waals surface area contributed by atoms with Gasteiger partial charge in [-0.1, -0.05) is 32.0 Å². The first kappa shape index (κ1) is 9.28. The maximum atomic E-state index is 9.92. The lowest BCUT2D eigenvalue weighted by Gasteiger charge is -2.12. The Hall–Kier alpha value is -1.28. The minimum absolute atomic E-state index is 0.205. The summed E-state index contributed by atoms with van der Waals surface area (Å²) in [5.41, 5.74) is 1.72. The molecule has 0 radical (unpaired) electrons. The van der Waals surface area contributed by atoms with Gasteiger partial charge in [0.2, 0.25) is 0 Å². The number of rotatable bonds is 2. The van der Waals surface area contributed by atoms with Crippen LogP contribution in [0.3, 0.4) is 0 Å². The molecule has 2 nitrogen and oxygen atoms in total. The molecule has 0 fully saturated rings. The van der Waals surface area contributed by atoms with Crippen LogP contribution in [0.5, 0.6) is 0 Å². The summed E-state index contributed by atoms with van der Waals surface area (Å²) in [5, 5.41) is 10.9. The Labute approximate surface area is 83.2 Å². The van der Waals surface area contributed by atoms with Crippen LogP contribution in [0.4, 0.5) is 0 Å². The molecule has 1 N–H and O–H groups in total. The number of benzene rings is 1. The Bertz CT molecular complexity index is 429. The van der Waals surface area contributed by atoms with Crippen molar-refractivity contribution in [3.63, 3.8) is 0 Å². The molecule has 0 saturated carbocycles. The second-order valence-electron chi connectivity index (χ2n) is 3.88. The lowest BCUT2D eigenvalue weighted by Crippen LogP contribution is -2.04. The molecule has 0 saturated heterocycles. The van der Waals surface area contributed by atoms with Crippen LogP contribution in [-0.2, 0) is 0 Å². The smallest absolute Gasteiger partial charge is 0.134 e. The van der Waals surface area contributed by atoms with E-state index in [1.807, 2.05) is 38.1 Å². The zero-order chi connectivity index (χ0) is 10.1. The lowest BCUT2D eigenvalue weighted by molar-refractivity contribution is 0.127. The van der Waals surface area contributed by atoms with E-state index in [9.17, 15) is 5.11 Å². The molecule has 2 heteroatoms. The monoisotopic (exact) mass is 190 g/mol. The highest BCUT2D eigenvalue weighted by atomic mass is 16.3. The number of para-hydroxylation sites is 1. The fourth-order valence-corrected chi connectivity index (χ4v) is 1.59. The summed E-state index contributed by atoms with van der Waals surface area (Å²) in [7, 11) is 0. The van der Waals surface area contributed by atoms with E-state index in [-0.39, 0.29) is 5.92 Å². The van der Waals surface area contributed by atoms with Gasteiger partial charge in [0.05, 0.1) is 12.4 Å². The molecule has 1 aromatic carbocycles. The standard InChI is InChI=1S/C12H14O2/c1-8(2)12(13)10-7-14-11-6-4-3-5-9(10)11/h3-8,12-13H,1-2H3. The maximum Gasteiger partial charge on any atom is 0.134 e. The van der Waals surface area contributed by atoms with Gasteiger partial charge in [-0.3, -0.25) is 0 Å². The molecule has 1 unspecified atom stereocenters. The number of hydrogen-bond acceptors (Lipinski definition) is 2. The van der Waals surface area contributed by atoms with Gasteiger partial charge in [-0.2, -0.15) is 0 Å². The molecule has 14 heavy (non-hydrogen) atoms. The van der Waals surface area contributed by atoms with Crippen LogP contribution in [-0.4, -0.2) is 5.11 Å². The molecule has 2 aromatic rings. The van der Waals surface area contributed by atoms with Crippen LogP contribution >= 0.6 is 0 Å². The molecule has 0 amide bonds. The number of fused-ring (bicyclic) bond motifs is 1. The van der Waals surface area contributed by atoms with Gasteiger partial charge in [-0.05, 0) is 12.0 Å². The van der Waals surface area contributed by atoms with Crippen LogP contribution in [0.15, 0.2) is 34.9 Å². The summed E-state index contributed by atoms with van der Waals surface area (Å²) in [5.74, 6) is 0.205. The van der Waals surface area contributed by atoms with E-state index in [2.05, 4.69) is 0 Å². The average Bonchev–Trinajstić information content (AvgIpc) is 2.60. The van der Waals surface area contributed by atoms with Crippen molar-refractivity contribution in [2.75, 3.05) is 0 Å². The number of aliphatic hydroxyl groups is 1. The third-order valence-electron chi connectivity index (χ3n) is 2.46. The molecule has 1 atom stereocenters. The van der Waals surface area contributed by atoms with Gasteiger partial charge >= 0.3 is 0 Å². The first-order valence-corrected chi connectivity index (χ1v) is 4.84. The van der Waals surface area contributed by atoms with E-state index in [0.29, 0.717) is 0 Å². The Balaban J connectivity index is 2.53. The number of furan rings is 1. The van der Waals surface area contributed by atoms with E-state index in [1.54, 1.807) is 6.26 Å². The minimum atomic E-state index is -0.446. The summed E-state index contributed by atoms with van der Waals surface area (Å²) in [4.78, 5) is 0. The van der Waals surface area contributed by atoms with E-state index >= 15 is 0 Å². The predicted molar refractivity (Wildman–Crippen MR) is 56.0 cm³/mol. The zero-order valence-electron chi connectivity index (χ0n) is 8.40. The molecular weight excluding hydrogens is 176 g/mol. The fraction of sp³-hybridized carbons (Fsp3) is 0.333. The quantitative estimate of drug-likeness (QED) is 0.789. The molecule has 0 aliphatic carbocycles. The third kappa shape index (κ3) is 1.42. The highest BCUT2D eigenvalue weighted by Gasteiger charge is 2.16. The highest BCUT2D eigenvalue weighted by Crippen LogP contribution is 2.29. The van der Waals surface area contributed by atoms with E-state index < -0.39 is 6.10 Å². The molecule has 0 bridgehead atoms. The van der Waals surface area contributed by atoms with E-state index in [0.717, 1.165) is 16.5 Å². The highest BCUT2D eigenvalue weighted by molar-refractivity contribution is 5.81. The molecule has 0 spiro atoms. The number of aliphatic hydroxyl groups excluding tert-OH is 1. The second-order valence-corrected chi connectivity index (χ2v) is 3.88. The van der Waals surface area contributed by atoms with Crippen molar-refractivity contribution in [1.29, 1.82) is 0 Å². The molecule has 0 aliphatic heterocycles. The van der Waals surface area contributed by atoms with Crippen LogP contribution < -0.4 is 0 Å². The van der Waals surface area contributed by atoms with E-state index in [1.165, 1.54) is 0 Å². The fourth-order valence-electron chi connectivity index (χ4n) is 1.59. The van der Waals surface area contributed by atoms with Gasteiger partial charge in [0.1, 0.15) is 5.58 Å². The summed E-state index contributed by atoms with van der Waals surface area (Å²) in [6, 6.07) is 7.76. The summed E-state index contributed by atoms with van der Waals surface area (Å²) in [6.07, 6.45) is 1.20. The SMILES string of the molecule is CC(C)C(O)c1coc2ccccc12. The largest absolute Gasteiger partial charge is 0.464 e. The Morgan fingerprint density at radius 3 is 2.64 bits per heavy atom. The molecule has 1 aromatic heterocycles. The van der Waals surface area contributed by atoms with Crippen molar-refractivity contribution < 1.29 is 9.52 Å². The molecule has 2 rings (SSSR count). The second kappa shape index (κ2) is 3.46. The topological polar surface area (TPSA) is 33.4 Å². The van der Waals surface area contributed by atoms with Crippen LogP contribution in [0.25, 0.3) is 11.0 Å². The zero-order valence-corrected chi connectivity index (χ0v) is 8.40. The van der Waals surface area contributed by atoms with Gasteiger partial charge in [-0.15, -0.1) is 0 Å². The Morgan fingerprint density at radius 1 is 1.21 bits per heavy atom. The maximum absolute atomic E-state index is 9.92. The summed E-state index contributed by atoms with van der Waals surface area (Å²) >= 11 is 0. The normalized spacial score (nSPS) is 13.7. The third-order valence-corrected chi connectivity index (χ3v) is 2.46. The van der Waals surface area contributed by atoms with Crippen molar-refractivity contribution >= 4 is 11.0 Å². The molecular formula is C12H14O2. The molecule has 1 heterocycles. The lowest BCUT2D eigenvalue weighted by atomic mass is 9.99. The van der Waals surface area contributed by atoms with Crippen molar-refractivity contribution in [3.8, 4) is 0 Å². The van der Waals surface area contributed by atoms with Gasteiger partial charge in [0.15, 0.2) is 0 Å². The van der Waals surface area contributed by atoms with Crippen molar-refractivity contribution in [1.82, 2.24) is 0 Å². The van der Waals surface area contributed by atoms with Crippen molar-refractivity contribution in [2.45, 2.75) is 20.0 Å². The van der Waals surface area contributed by atoms with E-state index in [4.69, 9.17) is 4.42 Å². The van der Waals surface area contributed by atoms with Gasteiger partial charge in [0, 0.05) is 10.9 Å². The Morgan fingerprint density at radius 2 is 1.93 bits per heavy atom. The van der Waals surface area contributed by atoms with Crippen molar-refractivity contribution in [3.05, 3.63) is 36.1 Å². The first-order valence-electron chi connectivity index (χ1n) is 4.84. The summed E-state index contributed by atoms with van der Waals surface area (Å²) < 4.78 is 5.36. The summed E-state index contributed by atoms with van der Waals surface area (Å²) in [6.45, 7) is 3.98. The number of hydrogen-bond donors (Lipinski definition) is 1. The van der Waals surface area contributed by atoms with Gasteiger partial charge in [0.25, 0.3) is 0 Å². The predicted octanol–water partition coefficient (Wildman–Crippen LogP) is 3.12. The van der Waals surface area contributed by atoms with Crippen LogP contribution in [0.2, 0.25) is 0 Å². The molecule has 74 valence electrons. The van der Waals surface area contributed by atoms with Gasteiger partial charge < -0.3 is 9.52 Å². The van der Waals surface area contributed by atoms with Crippen LogP contribution in [0, 0.1) is 5.92 Å².